The van der Waals surface area contributed by atoms with Crippen LogP contribution in [0, 0.1) is 0 Å². The summed E-state index contributed by atoms with van der Waals surface area (Å²) in [6.45, 7) is -0.843. The fraction of sp³-hybridized carbons (Fsp3) is 0.833. The van der Waals surface area contributed by atoms with Crippen LogP contribution < -0.4 is 0 Å². The molecule has 0 aromatic carbocycles. The zero-order valence-corrected chi connectivity index (χ0v) is 7.42. The minimum atomic E-state index is -2.20. The molecule has 0 aromatic rings. The molecule has 0 aliphatic rings. The van der Waals surface area contributed by atoms with Gasteiger partial charge in [-0.15, -0.1) is 0 Å². The quantitative estimate of drug-likeness (QED) is 0.296. The van der Waals surface area contributed by atoms with E-state index in [1.165, 1.54) is 0 Å². The third kappa shape index (κ3) is 5.54. The Morgan fingerprint density at radius 1 is 1.00 bits per heavy atom. The van der Waals surface area contributed by atoms with E-state index in [9.17, 15) is 4.79 Å². The van der Waals surface area contributed by atoms with Crippen molar-refractivity contribution in [3.63, 3.8) is 0 Å². The van der Waals surface area contributed by atoms with Crippen molar-refractivity contribution in [3.8, 4) is 0 Å². The maximum absolute atomic E-state index is 10.1. The smallest absolute Gasteiger partial charge is 0.335 e. The SMILES string of the molecule is F.F.O=C(O)[C@H](O)[C@@H](O)[C@H](O)[C@H](O)CO. The van der Waals surface area contributed by atoms with Crippen molar-refractivity contribution in [2.45, 2.75) is 24.4 Å². The lowest BCUT2D eigenvalue weighted by Gasteiger charge is -2.23. The van der Waals surface area contributed by atoms with E-state index in [1.807, 2.05) is 0 Å². The van der Waals surface area contributed by atoms with Crippen molar-refractivity contribution in [3.05, 3.63) is 0 Å². The Balaban J connectivity index is -0.000000720. The zero-order chi connectivity index (χ0) is 10.6. The Hall–Kier alpha value is -0.870. The Kier molecular flexibility index (Phi) is 11.1. The fourth-order valence-corrected chi connectivity index (χ4v) is 0.668. The van der Waals surface area contributed by atoms with Crippen LogP contribution in [-0.2, 0) is 4.79 Å². The Morgan fingerprint density at radius 3 is 1.67 bits per heavy atom. The molecule has 9 heteroatoms. The first kappa shape index (κ1) is 19.7. The highest BCUT2D eigenvalue weighted by Gasteiger charge is 2.33. The number of hydrogen-bond acceptors (Lipinski definition) is 6. The van der Waals surface area contributed by atoms with Crippen molar-refractivity contribution in [2.75, 3.05) is 6.61 Å². The van der Waals surface area contributed by atoms with Gasteiger partial charge in [0.1, 0.15) is 18.3 Å². The summed E-state index contributed by atoms with van der Waals surface area (Å²) in [7, 11) is 0. The number of aliphatic hydroxyl groups excluding tert-OH is 5. The van der Waals surface area contributed by atoms with E-state index in [2.05, 4.69) is 0 Å². The second kappa shape index (κ2) is 8.44. The minimum Gasteiger partial charge on any atom is -0.479 e. The molecule has 0 unspecified atom stereocenters. The number of halogens is 2. The highest BCUT2D eigenvalue weighted by Crippen LogP contribution is 2.04. The van der Waals surface area contributed by atoms with Gasteiger partial charge in [0.2, 0.25) is 0 Å². The summed E-state index contributed by atoms with van der Waals surface area (Å²) in [6.07, 6.45) is -7.84. The topological polar surface area (TPSA) is 138 Å². The van der Waals surface area contributed by atoms with Crippen LogP contribution in [-0.4, -0.2) is 67.6 Å². The van der Waals surface area contributed by atoms with Gasteiger partial charge >= 0.3 is 5.97 Å². The van der Waals surface area contributed by atoms with Gasteiger partial charge in [-0.2, -0.15) is 0 Å². The molecule has 94 valence electrons. The maximum atomic E-state index is 10.1. The van der Waals surface area contributed by atoms with E-state index >= 15 is 0 Å². The summed E-state index contributed by atoms with van der Waals surface area (Å²) in [5, 5.41) is 51.8. The molecule has 6 N–H and O–H groups in total. The Bertz CT molecular complexity index is 179. The van der Waals surface area contributed by atoms with E-state index in [4.69, 9.17) is 30.6 Å². The number of aliphatic carboxylic acids is 1. The summed E-state index contributed by atoms with van der Waals surface area (Å²) in [5.41, 5.74) is 0. The van der Waals surface area contributed by atoms with Gasteiger partial charge in [0.15, 0.2) is 6.10 Å². The Labute approximate surface area is 82.9 Å². The molecule has 0 spiro atoms. The van der Waals surface area contributed by atoms with Crippen molar-refractivity contribution < 1.29 is 44.8 Å². The summed E-state index contributed by atoms with van der Waals surface area (Å²) >= 11 is 0. The van der Waals surface area contributed by atoms with Crippen molar-refractivity contribution >= 4 is 5.97 Å². The van der Waals surface area contributed by atoms with Gasteiger partial charge in [0, 0.05) is 0 Å². The van der Waals surface area contributed by atoms with E-state index in [-0.39, 0.29) is 9.41 Å². The number of rotatable bonds is 5. The number of carboxylic acids is 1. The molecule has 0 saturated carbocycles. The first-order chi connectivity index (χ1) is 5.91. The molecule has 0 rings (SSSR count). The monoisotopic (exact) mass is 236 g/mol. The van der Waals surface area contributed by atoms with Crippen LogP contribution in [0.2, 0.25) is 0 Å². The van der Waals surface area contributed by atoms with Crippen molar-refractivity contribution in [1.82, 2.24) is 0 Å². The van der Waals surface area contributed by atoms with E-state index < -0.39 is 37.0 Å². The van der Waals surface area contributed by atoms with E-state index in [1.54, 1.807) is 0 Å². The van der Waals surface area contributed by atoms with Gasteiger partial charge < -0.3 is 30.6 Å². The molecule has 0 saturated heterocycles. The van der Waals surface area contributed by atoms with Crippen LogP contribution in [0.1, 0.15) is 0 Å². The molecule has 0 aliphatic carbocycles. The molecule has 4 atom stereocenters. The third-order valence-corrected chi connectivity index (χ3v) is 1.51. The fourth-order valence-electron chi connectivity index (χ4n) is 0.668. The molecular weight excluding hydrogens is 222 g/mol. The lowest BCUT2D eigenvalue weighted by Crippen LogP contribution is -2.48. The van der Waals surface area contributed by atoms with Gasteiger partial charge in [-0.05, 0) is 0 Å². The predicted octanol–water partition coefficient (Wildman–Crippen LogP) is -3.19. The molecule has 0 aliphatic heterocycles. The molecule has 15 heavy (non-hydrogen) atoms. The van der Waals surface area contributed by atoms with Gasteiger partial charge in [-0.3, -0.25) is 9.41 Å². The summed E-state index contributed by atoms with van der Waals surface area (Å²) < 4.78 is 0. The Morgan fingerprint density at radius 2 is 1.40 bits per heavy atom. The number of aliphatic hydroxyl groups is 5. The number of carboxylic acid groups (broad SMARTS) is 1. The highest BCUT2D eigenvalue weighted by molar-refractivity contribution is 5.72. The summed E-state index contributed by atoms with van der Waals surface area (Å²) in [6, 6.07) is 0. The van der Waals surface area contributed by atoms with Gasteiger partial charge in [-0.25, -0.2) is 4.79 Å². The summed E-state index contributed by atoms with van der Waals surface area (Å²) in [4.78, 5) is 10.1. The van der Waals surface area contributed by atoms with Crippen LogP contribution in [0.15, 0.2) is 0 Å². The lowest BCUT2D eigenvalue weighted by molar-refractivity contribution is -0.164. The van der Waals surface area contributed by atoms with Crippen LogP contribution in [0.3, 0.4) is 0 Å². The number of hydrogen-bond donors (Lipinski definition) is 6. The molecule has 0 bridgehead atoms. The third-order valence-electron chi connectivity index (χ3n) is 1.51. The molecule has 0 amide bonds. The van der Waals surface area contributed by atoms with Crippen LogP contribution >= 0.6 is 0 Å². The standard InChI is InChI=1S/C6H12O7.2FH/c7-1-2(8)3(9)4(10)5(11)6(12)13;;/h2-5,7-11H,1H2,(H,12,13);2*1H/t2-,3-,4+,5-;;/m1../s1. The predicted molar refractivity (Wildman–Crippen MR) is 43.8 cm³/mol. The lowest BCUT2D eigenvalue weighted by atomic mass is 10.0. The normalized spacial score (nSPS) is 17.7. The second-order valence-electron chi connectivity index (χ2n) is 2.51. The van der Waals surface area contributed by atoms with Gasteiger partial charge in [-0.1, -0.05) is 0 Å². The molecule has 0 aromatic heterocycles. The van der Waals surface area contributed by atoms with Crippen molar-refractivity contribution in [2.24, 2.45) is 0 Å². The average molecular weight is 236 g/mol. The maximum Gasteiger partial charge on any atom is 0.335 e. The second-order valence-corrected chi connectivity index (χ2v) is 2.51. The molecule has 0 radical (unpaired) electrons. The zero-order valence-electron chi connectivity index (χ0n) is 7.42. The number of carbonyl (C=O) groups is 1. The molecule has 0 fully saturated rings. The first-order valence-corrected chi connectivity index (χ1v) is 3.47. The van der Waals surface area contributed by atoms with Gasteiger partial charge in [0.05, 0.1) is 6.61 Å². The molecule has 0 heterocycles. The first-order valence-electron chi connectivity index (χ1n) is 3.47. The van der Waals surface area contributed by atoms with Crippen molar-refractivity contribution in [1.29, 1.82) is 0 Å². The molecular formula is C6H14F2O7. The summed E-state index contributed by atoms with van der Waals surface area (Å²) in [5.74, 6) is -1.73. The molecule has 7 nitrogen and oxygen atoms in total. The average Bonchev–Trinajstić information content (AvgIpc) is 2.12. The van der Waals surface area contributed by atoms with Crippen LogP contribution in [0.5, 0.6) is 0 Å². The van der Waals surface area contributed by atoms with Crippen LogP contribution in [0.4, 0.5) is 9.41 Å². The van der Waals surface area contributed by atoms with Gasteiger partial charge in [0.25, 0.3) is 0 Å². The largest absolute Gasteiger partial charge is 0.479 e. The minimum absolute atomic E-state index is 0. The van der Waals surface area contributed by atoms with E-state index in [0.717, 1.165) is 0 Å². The van der Waals surface area contributed by atoms with Crippen LogP contribution in [0.25, 0.3) is 0 Å². The van der Waals surface area contributed by atoms with E-state index in [0.29, 0.717) is 0 Å². The highest BCUT2D eigenvalue weighted by atomic mass is 19.0.